The first kappa shape index (κ1) is 9.98. The Morgan fingerprint density at radius 1 is 1.53 bits per heavy atom. The number of phenols is 1. The van der Waals surface area contributed by atoms with E-state index in [1.165, 1.54) is 0 Å². The van der Waals surface area contributed by atoms with Crippen molar-refractivity contribution in [2.45, 2.75) is 18.9 Å². The van der Waals surface area contributed by atoms with Crippen LogP contribution >= 0.6 is 0 Å². The maximum atomic E-state index is 10.7. The number of fused-ring (bicyclic) bond motifs is 1. The molecule has 1 atom stereocenters. The summed E-state index contributed by atoms with van der Waals surface area (Å²) in [5.41, 5.74) is 2.03. The van der Waals surface area contributed by atoms with E-state index in [0.717, 1.165) is 17.7 Å². The Morgan fingerprint density at radius 2 is 2.33 bits per heavy atom. The Hall–Kier alpha value is -1.55. The van der Waals surface area contributed by atoms with E-state index in [9.17, 15) is 9.90 Å². The first-order valence-electron chi connectivity index (χ1n) is 4.91. The van der Waals surface area contributed by atoms with Crippen LogP contribution in [0.3, 0.4) is 0 Å². The quantitative estimate of drug-likeness (QED) is 0.678. The van der Waals surface area contributed by atoms with Crippen molar-refractivity contribution in [1.82, 2.24) is 5.32 Å². The number of nitrogens with one attached hydrogen (secondary N) is 1. The summed E-state index contributed by atoms with van der Waals surface area (Å²) in [4.78, 5) is 10.7. The van der Waals surface area contributed by atoms with Gasteiger partial charge < -0.3 is 15.5 Å². The fourth-order valence-electron chi connectivity index (χ4n) is 2.01. The molecule has 1 aliphatic heterocycles. The third-order valence-electron chi connectivity index (χ3n) is 2.70. The summed E-state index contributed by atoms with van der Waals surface area (Å²) in [6, 6.07) is 5.14. The van der Waals surface area contributed by atoms with E-state index in [0.29, 0.717) is 6.54 Å². The van der Waals surface area contributed by atoms with E-state index in [4.69, 9.17) is 5.11 Å². The fourth-order valence-corrected chi connectivity index (χ4v) is 2.01. The molecule has 1 heterocycles. The maximum absolute atomic E-state index is 10.7. The summed E-state index contributed by atoms with van der Waals surface area (Å²) in [6.45, 7) is 1.40. The van der Waals surface area contributed by atoms with Crippen molar-refractivity contribution in [2.75, 3.05) is 6.54 Å². The smallest absolute Gasteiger partial charge is 0.304 e. The predicted octanol–water partition coefficient (Wildman–Crippen LogP) is 1.05. The van der Waals surface area contributed by atoms with Crippen molar-refractivity contribution in [2.24, 2.45) is 0 Å². The second-order valence-corrected chi connectivity index (χ2v) is 3.81. The van der Waals surface area contributed by atoms with E-state index < -0.39 is 5.97 Å². The zero-order valence-corrected chi connectivity index (χ0v) is 8.23. The van der Waals surface area contributed by atoms with Crippen LogP contribution < -0.4 is 5.32 Å². The maximum Gasteiger partial charge on any atom is 0.304 e. The summed E-state index contributed by atoms with van der Waals surface area (Å²) in [6.07, 6.45) is 0.101. The highest BCUT2D eigenvalue weighted by molar-refractivity contribution is 5.68. The van der Waals surface area contributed by atoms with Crippen LogP contribution in [0, 0.1) is 0 Å². The van der Waals surface area contributed by atoms with Gasteiger partial charge in [-0.25, -0.2) is 0 Å². The highest BCUT2D eigenvalue weighted by atomic mass is 16.4. The number of hydrogen-bond donors (Lipinski definition) is 3. The second-order valence-electron chi connectivity index (χ2n) is 3.81. The zero-order chi connectivity index (χ0) is 10.8. The van der Waals surface area contributed by atoms with Crippen LogP contribution in [0.2, 0.25) is 0 Å². The van der Waals surface area contributed by atoms with Crippen molar-refractivity contribution in [3.8, 4) is 5.75 Å². The lowest BCUT2D eigenvalue weighted by molar-refractivity contribution is -0.137. The van der Waals surface area contributed by atoms with E-state index in [1.54, 1.807) is 12.1 Å². The molecule has 15 heavy (non-hydrogen) atoms. The molecule has 0 aromatic heterocycles. The first-order valence-corrected chi connectivity index (χ1v) is 4.91. The van der Waals surface area contributed by atoms with Crippen LogP contribution in [0.15, 0.2) is 18.2 Å². The van der Waals surface area contributed by atoms with Crippen molar-refractivity contribution < 1.29 is 15.0 Å². The molecule has 0 bridgehead atoms. The molecule has 80 valence electrons. The zero-order valence-electron chi connectivity index (χ0n) is 8.23. The average molecular weight is 207 g/mol. The minimum absolute atomic E-state index is 0.0432. The van der Waals surface area contributed by atoms with Crippen LogP contribution in [0.1, 0.15) is 23.5 Å². The Kier molecular flexibility index (Phi) is 2.60. The minimum Gasteiger partial charge on any atom is -0.508 e. The average Bonchev–Trinajstić information content (AvgIpc) is 2.18. The second kappa shape index (κ2) is 3.90. The third kappa shape index (κ3) is 2.10. The molecular weight excluding hydrogens is 194 g/mol. The Morgan fingerprint density at radius 3 is 3.07 bits per heavy atom. The molecule has 1 aromatic rings. The van der Waals surface area contributed by atoms with Crippen molar-refractivity contribution in [1.29, 1.82) is 0 Å². The molecule has 0 aliphatic carbocycles. The van der Waals surface area contributed by atoms with Gasteiger partial charge in [-0.3, -0.25) is 4.79 Å². The summed E-state index contributed by atoms with van der Waals surface area (Å²) >= 11 is 0. The van der Waals surface area contributed by atoms with Crippen molar-refractivity contribution >= 4 is 5.97 Å². The topological polar surface area (TPSA) is 69.6 Å². The molecule has 0 radical (unpaired) electrons. The van der Waals surface area contributed by atoms with E-state index in [1.807, 2.05) is 6.07 Å². The molecule has 1 unspecified atom stereocenters. The molecule has 1 aromatic carbocycles. The van der Waals surface area contributed by atoms with E-state index >= 15 is 0 Å². The Balaban J connectivity index is 2.32. The summed E-state index contributed by atoms with van der Waals surface area (Å²) in [5.74, 6) is -0.651. The molecule has 0 saturated carbocycles. The highest BCUT2D eigenvalue weighted by Crippen LogP contribution is 2.29. The lowest BCUT2D eigenvalue weighted by atomic mass is 9.88. The number of benzene rings is 1. The van der Waals surface area contributed by atoms with Gasteiger partial charge >= 0.3 is 5.97 Å². The summed E-state index contributed by atoms with van der Waals surface area (Å²) in [7, 11) is 0. The van der Waals surface area contributed by atoms with Crippen LogP contribution in [-0.4, -0.2) is 22.7 Å². The number of rotatable bonds is 2. The fraction of sp³-hybridized carbons (Fsp3) is 0.364. The van der Waals surface area contributed by atoms with Gasteiger partial charge in [0.25, 0.3) is 0 Å². The normalized spacial score (nSPS) is 19.6. The SMILES string of the molecule is O=C(O)CC1CNCc2ccc(O)cc21. The number of hydrogen-bond acceptors (Lipinski definition) is 3. The lowest BCUT2D eigenvalue weighted by Gasteiger charge is -2.25. The van der Waals surface area contributed by atoms with Crippen LogP contribution in [0.25, 0.3) is 0 Å². The van der Waals surface area contributed by atoms with Gasteiger partial charge in [-0.05, 0) is 23.3 Å². The number of phenolic OH excluding ortho intramolecular Hbond substituents is 1. The Bertz CT molecular complexity index is 389. The molecule has 0 fully saturated rings. The molecule has 0 spiro atoms. The number of carboxylic acid groups (broad SMARTS) is 1. The molecule has 2 rings (SSSR count). The van der Waals surface area contributed by atoms with Gasteiger partial charge in [0.05, 0.1) is 6.42 Å². The number of carbonyl (C=O) groups is 1. The van der Waals surface area contributed by atoms with Gasteiger partial charge in [0.15, 0.2) is 0 Å². The molecule has 4 heteroatoms. The molecule has 3 N–H and O–H groups in total. The number of carboxylic acids is 1. The summed E-state index contributed by atoms with van der Waals surface area (Å²) in [5, 5.41) is 21.3. The summed E-state index contributed by atoms with van der Waals surface area (Å²) < 4.78 is 0. The molecule has 4 nitrogen and oxygen atoms in total. The number of aromatic hydroxyl groups is 1. The van der Waals surface area contributed by atoms with E-state index in [-0.39, 0.29) is 18.1 Å². The standard InChI is InChI=1S/C11H13NO3/c13-9-2-1-7-5-12-6-8(3-11(14)15)10(7)4-9/h1-2,4,8,12-13H,3,5-6H2,(H,14,15). The monoisotopic (exact) mass is 207 g/mol. The van der Waals surface area contributed by atoms with Gasteiger partial charge in [0.1, 0.15) is 5.75 Å². The van der Waals surface area contributed by atoms with Crippen LogP contribution in [0.4, 0.5) is 0 Å². The van der Waals surface area contributed by atoms with Crippen LogP contribution in [-0.2, 0) is 11.3 Å². The molecular formula is C11H13NO3. The van der Waals surface area contributed by atoms with Crippen molar-refractivity contribution in [3.63, 3.8) is 0 Å². The van der Waals surface area contributed by atoms with Gasteiger partial charge in [-0.1, -0.05) is 6.07 Å². The van der Waals surface area contributed by atoms with Gasteiger partial charge in [0, 0.05) is 19.0 Å². The van der Waals surface area contributed by atoms with E-state index in [2.05, 4.69) is 5.32 Å². The van der Waals surface area contributed by atoms with Gasteiger partial charge in [-0.15, -0.1) is 0 Å². The molecule has 1 aliphatic rings. The van der Waals surface area contributed by atoms with Crippen molar-refractivity contribution in [3.05, 3.63) is 29.3 Å². The largest absolute Gasteiger partial charge is 0.508 e. The third-order valence-corrected chi connectivity index (χ3v) is 2.70. The lowest BCUT2D eigenvalue weighted by Crippen LogP contribution is -2.29. The Labute approximate surface area is 87.6 Å². The first-order chi connectivity index (χ1) is 7.16. The predicted molar refractivity (Wildman–Crippen MR) is 54.8 cm³/mol. The molecule has 0 amide bonds. The molecule has 0 saturated heterocycles. The van der Waals surface area contributed by atoms with Crippen LogP contribution in [0.5, 0.6) is 5.75 Å². The highest BCUT2D eigenvalue weighted by Gasteiger charge is 2.22. The van der Waals surface area contributed by atoms with Gasteiger partial charge in [-0.2, -0.15) is 0 Å². The number of aliphatic carboxylic acids is 1. The van der Waals surface area contributed by atoms with Gasteiger partial charge in [0.2, 0.25) is 0 Å². The minimum atomic E-state index is -0.807.